The molecule has 0 radical (unpaired) electrons. The van der Waals surface area contributed by atoms with Crippen molar-refractivity contribution in [3.05, 3.63) is 0 Å². The summed E-state index contributed by atoms with van der Waals surface area (Å²) in [4.78, 5) is 2.01. The van der Waals surface area contributed by atoms with E-state index in [1.54, 1.807) is 13.8 Å². The quantitative estimate of drug-likeness (QED) is 0.605. The van der Waals surface area contributed by atoms with Crippen LogP contribution in [0.15, 0.2) is 0 Å². The Bertz CT molecular complexity index is 175. The van der Waals surface area contributed by atoms with Crippen LogP contribution in [-0.2, 0) is 0 Å². The van der Waals surface area contributed by atoms with Crippen molar-refractivity contribution in [1.82, 2.24) is 4.90 Å². The number of aliphatic hydroxyl groups excluding tert-OH is 3. The number of aliphatic hydroxyl groups is 3. The van der Waals surface area contributed by atoms with E-state index >= 15 is 0 Å². The van der Waals surface area contributed by atoms with Gasteiger partial charge in [0.05, 0.1) is 18.3 Å². The zero-order chi connectivity index (χ0) is 11.4. The summed E-state index contributed by atoms with van der Waals surface area (Å²) in [5.74, 6) is 0. The Labute approximate surface area is 91.5 Å². The third kappa shape index (κ3) is 4.07. The lowest BCUT2D eigenvalue weighted by molar-refractivity contribution is 0.0159. The summed E-state index contributed by atoms with van der Waals surface area (Å²) >= 11 is 0. The first-order valence-corrected chi connectivity index (χ1v) is 5.79. The summed E-state index contributed by atoms with van der Waals surface area (Å²) in [6.45, 7) is 4.51. The highest BCUT2D eigenvalue weighted by atomic mass is 16.3. The molecule has 0 aromatic heterocycles. The van der Waals surface area contributed by atoms with Crippen molar-refractivity contribution in [3.8, 4) is 0 Å². The SMILES string of the molecule is CC(O)CN(CC(C)O)[C@@H]1CCC[C@H]1O. The zero-order valence-electron chi connectivity index (χ0n) is 9.63. The largest absolute Gasteiger partial charge is 0.392 e. The fourth-order valence-electron chi connectivity index (χ4n) is 2.37. The lowest BCUT2D eigenvalue weighted by Crippen LogP contribution is -2.46. The van der Waals surface area contributed by atoms with Crippen molar-refractivity contribution in [3.63, 3.8) is 0 Å². The summed E-state index contributed by atoms with van der Waals surface area (Å²) in [6, 6.07) is 0.106. The first-order chi connectivity index (χ1) is 7.00. The van der Waals surface area contributed by atoms with Crippen molar-refractivity contribution in [2.45, 2.75) is 57.5 Å². The number of hydrogen-bond donors (Lipinski definition) is 3. The van der Waals surface area contributed by atoms with Crippen molar-refractivity contribution in [1.29, 1.82) is 0 Å². The fourth-order valence-corrected chi connectivity index (χ4v) is 2.37. The van der Waals surface area contributed by atoms with Crippen LogP contribution in [0.4, 0.5) is 0 Å². The Balaban J connectivity index is 2.53. The Hall–Kier alpha value is -0.160. The van der Waals surface area contributed by atoms with Crippen LogP contribution in [0.1, 0.15) is 33.1 Å². The van der Waals surface area contributed by atoms with E-state index in [9.17, 15) is 15.3 Å². The molecule has 15 heavy (non-hydrogen) atoms. The summed E-state index contributed by atoms with van der Waals surface area (Å²) < 4.78 is 0. The Kier molecular flexibility index (Phi) is 4.99. The molecule has 0 heterocycles. The molecule has 2 unspecified atom stereocenters. The van der Waals surface area contributed by atoms with Crippen LogP contribution in [0.5, 0.6) is 0 Å². The molecule has 4 atom stereocenters. The summed E-state index contributed by atoms with van der Waals surface area (Å²) in [7, 11) is 0. The van der Waals surface area contributed by atoms with E-state index in [4.69, 9.17) is 0 Å². The van der Waals surface area contributed by atoms with Gasteiger partial charge in [-0.1, -0.05) is 0 Å². The van der Waals surface area contributed by atoms with Gasteiger partial charge in [-0.25, -0.2) is 0 Å². The number of rotatable bonds is 5. The molecule has 3 N–H and O–H groups in total. The molecule has 0 aromatic carbocycles. The van der Waals surface area contributed by atoms with Gasteiger partial charge in [0.2, 0.25) is 0 Å². The van der Waals surface area contributed by atoms with Crippen LogP contribution in [0.25, 0.3) is 0 Å². The van der Waals surface area contributed by atoms with Gasteiger partial charge in [0.25, 0.3) is 0 Å². The molecule has 1 rings (SSSR count). The van der Waals surface area contributed by atoms with Crippen molar-refractivity contribution in [2.75, 3.05) is 13.1 Å². The standard InChI is InChI=1S/C11H23NO3/c1-8(13)6-12(7-9(2)14)10-4-3-5-11(10)15/h8-11,13-15H,3-7H2,1-2H3/t8?,9?,10-,11-/m1/s1. The van der Waals surface area contributed by atoms with Gasteiger partial charge in [0.1, 0.15) is 0 Å². The monoisotopic (exact) mass is 217 g/mol. The summed E-state index contributed by atoms with van der Waals surface area (Å²) in [5, 5.41) is 28.5. The molecule has 1 aliphatic carbocycles. The Morgan fingerprint density at radius 1 is 1.13 bits per heavy atom. The minimum Gasteiger partial charge on any atom is -0.392 e. The molecule has 1 fully saturated rings. The van der Waals surface area contributed by atoms with Crippen molar-refractivity contribution < 1.29 is 15.3 Å². The van der Waals surface area contributed by atoms with Crippen LogP contribution in [0, 0.1) is 0 Å². The maximum atomic E-state index is 9.78. The average Bonchev–Trinajstić information content (AvgIpc) is 2.48. The van der Waals surface area contributed by atoms with Gasteiger partial charge in [0.15, 0.2) is 0 Å². The lowest BCUT2D eigenvalue weighted by atomic mass is 10.1. The van der Waals surface area contributed by atoms with E-state index < -0.39 is 12.2 Å². The van der Waals surface area contributed by atoms with Crippen LogP contribution in [0.3, 0.4) is 0 Å². The predicted octanol–water partition coefficient (Wildman–Crippen LogP) is -0.0366. The van der Waals surface area contributed by atoms with Crippen molar-refractivity contribution >= 4 is 0 Å². The molecule has 1 aliphatic rings. The van der Waals surface area contributed by atoms with Crippen LogP contribution < -0.4 is 0 Å². The van der Waals surface area contributed by atoms with E-state index in [-0.39, 0.29) is 12.1 Å². The second-order valence-electron chi connectivity index (χ2n) is 4.72. The molecule has 90 valence electrons. The van der Waals surface area contributed by atoms with Crippen LogP contribution >= 0.6 is 0 Å². The maximum Gasteiger partial charge on any atom is 0.0695 e. The topological polar surface area (TPSA) is 63.9 Å². The lowest BCUT2D eigenvalue weighted by Gasteiger charge is -2.32. The van der Waals surface area contributed by atoms with E-state index in [1.165, 1.54) is 0 Å². The van der Waals surface area contributed by atoms with Gasteiger partial charge in [-0.15, -0.1) is 0 Å². The van der Waals surface area contributed by atoms with E-state index in [1.807, 2.05) is 4.90 Å². The van der Waals surface area contributed by atoms with Gasteiger partial charge < -0.3 is 15.3 Å². The molecular weight excluding hydrogens is 194 g/mol. The smallest absolute Gasteiger partial charge is 0.0695 e. The highest BCUT2D eigenvalue weighted by Gasteiger charge is 2.31. The first-order valence-electron chi connectivity index (χ1n) is 5.79. The number of nitrogens with zero attached hydrogens (tertiary/aromatic N) is 1. The molecule has 0 aliphatic heterocycles. The van der Waals surface area contributed by atoms with Gasteiger partial charge >= 0.3 is 0 Å². The summed E-state index contributed by atoms with van der Waals surface area (Å²) in [6.07, 6.45) is 1.68. The third-order valence-electron chi connectivity index (χ3n) is 2.91. The predicted molar refractivity (Wildman–Crippen MR) is 58.6 cm³/mol. The molecule has 4 heteroatoms. The van der Waals surface area contributed by atoms with Crippen LogP contribution in [0.2, 0.25) is 0 Å². The minimum atomic E-state index is -0.420. The van der Waals surface area contributed by atoms with E-state index in [0.717, 1.165) is 19.3 Å². The van der Waals surface area contributed by atoms with E-state index in [0.29, 0.717) is 13.1 Å². The molecule has 1 saturated carbocycles. The molecule has 4 nitrogen and oxygen atoms in total. The van der Waals surface area contributed by atoms with Crippen molar-refractivity contribution in [2.24, 2.45) is 0 Å². The Morgan fingerprint density at radius 3 is 2.00 bits per heavy atom. The molecular formula is C11H23NO3. The first kappa shape index (κ1) is 12.9. The second-order valence-corrected chi connectivity index (χ2v) is 4.72. The second kappa shape index (κ2) is 5.80. The molecule has 0 spiro atoms. The van der Waals surface area contributed by atoms with Gasteiger partial charge in [-0.2, -0.15) is 0 Å². The van der Waals surface area contributed by atoms with Gasteiger partial charge in [-0.3, -0.25) is 4.90 Å². The highest BCUT2D eigenvalue weighted by Crippen LogP contribution is 2.24. The van der Waals surface area contributed by atoms with Crippen LogP contribution in [-0.4, -0.2) is 57.7 Å². The maximum absolute atomic E-state index is 9.78. The normalized spacial score (nSPS) is 30.8. The molecule has 0 aromatic rings. The zero-order valence-corrected chi connectivity index (χ0v) is 9.63. The summed E-state index contributed by atoms with van der Waals surface area (Å²) in [5.41, 5.74) is 0. The Morgan fingerprint density at radius 2 is 1.67 bits per heavy atom. The van der Waals surface area contributed by atoms with Gasteiger partial charge in [0, 0.05) is 19.1 Å². The van der Waals surface area contributed by atoms with Gasteiger partial charge in [-0.05, 0) is 33.1 Å². The molecule has 0 bridgehead atoms. The fraction of sp³-hybridized carbons (Fsp3) is 1.00. The van der Waals surface area contributed by atoms with E-state index in [2.05, 4.69) is 0 Å². The number of hydrogen-bond acceptors (Lipinski definition) is 4. The highest BCUT2D eigenvalue weighted by molar-refractivity contribution is 4.86. The third-order valence-corrected chi connectivity index (χ3v) is 2.91. The molecule has 0 amide bonds. The average molecular weight is 217 g/mol. The molecule has 0 saturated heterocycles. The minimum absolute atomic E-state index is 0.106.